The van der Waals surface area contributed by atoms with Crippen molar-refractivity contribution in [3.63, 3.8) is 0 Å². The summed E-state index contributed by atoms with van der Waals surface area (Å²) >= 11 is 0. The van der Waals surface area contributed by atoms with Crippen LogP contribution in [0, 0.1) is 0 Å². The van der Waals surface area contributed by atoms with Gasteiger partial charge in [0.15, 0.2) is 11.5 Å². The van der Waals surface area contributed by atoms with Crippen LogP contribution in [0.5, 0.6) is 11.5 Å². The molecular formula is C20H25ClN2O3. The molecule has 6 heteroatoms. The second kappa shape index (κ2) is 9.34. The van der Waals surface area contributed by atoms with Gasteiger partial charge in [0.25, 0.3) is 0 Å². The molecule has 0 saturated heterocycles. The number of ether oxygens (including phenoxy) is 2. The van der Waals surface area contributed by atoms with Crippen molar-refractivity contribution in [2.45, 2.75) is 32.2 Å². The molecule has 0 saturated carbocycles. The number of hydrogen-bond donors (Lipinski definition) is 2. The number of anilines is 1. The van der Waals surface area contributed by atoms with Crippen LogP contribution in [-0.4, -0.2) is 19.1 Å². The minimum Gasteiger partial charge on any atom is -0.486 e. The van der Waals surface area contributed by atoms with Gasteiger partial charge in [-0.2, -0.15) is 0 Å². The van der Waals surface area contributed by atoms with E-state index in [-0.39, 0.29) is 24.4 Å². The van der Waals surface area contributed by atoms with Gasteiger partial charge in [0, 0.05) is 12.1 Å². The van der Waals surface area contributed by atoms with Gasteiger partial charge in [0.1, 0.15) is 13.2 Å². The van der Waals surface area contributed by atoms with Crippen molar-refractivity contribution in [1.29, 1.82) is 0 Å². The van der Waals surface area contributed by atoms with Gasteiger partial charge in [-0.3, -0.25) is 4.79 Å². The first-order valence-electron chi connectivity index (χ1n) is 8.69. The Balaban J connectivity index is 0.00000243. The Bertz CT molecular complexity index is 752. The number of nitrogens with two attached hydrogens (primary N) is 1. The van der Waals surface area contributed by atoms with Gasteiger partial charge in [-0.1, -0.05) is 31.2 Å². The van der Waals surface area contributed by atoms with Crippen molar-refractivity contribution >= 4 is 24.0 Å². The summed E-state index contributed by atoms with van der Waals surface area (Å²) in [5, 5.41) is 3.10. The van der Waals surface area contributed by atoms with Gasteiger partial charge >= 0.3 is 0 Å². The summed E-state index contributed by atoms with van der Waals surface area (Å²) in [6, 6.07) is 13.5. The molecule has 0 aromatic heterocycles. The molecule has 26 heavy (non-hydrogen) atoms. The number of nitrogens with one attached hydrogen (secondary N) is 1. The number of fused-ring (bicyclic) bond motifs is 1. The maximum absolute atomic E-state index is 12.4. The Morgan fingerprint density at radius 3 is 2.62 bits per heavy atom. The van der Waals surface area contributed by atoms with Gasteiger partial charge < -0.3 is 20.5 Å². The van der Waals surface area contributed by atoms with Crippen molar-refractivity contribution in [2.75, 3.05) is 18.9 Å². The molecule has 3 N–H and O–H groups in total. The molecule has 0 fully saturated rings. The average Bonchev–Trinajstić information content (AvgIpc) is 2.65. The van der Waals surface area contributed by atoms with E-state index in [1.165, 1.54) is 0 Å². The molecule has 0 radical (unpaired) electrons. The first-order chi connectivity index (χ1) is 12.2. The standard InChI is InChI=1S/C20H24N2O3.ClH/c1-2-17(15-7-9-18-19(13-15)25-12-11-24-18)22-20(23)10-8-14-5-3-4-6-16(14)21;/h3-7,9,13,17H,2,8,10-12,21H2,1H3,(H,22,23);1H. The van der Waals surface area contributed by atoms with Crippen LogP contribution in [0.4, 0.5) is 5.69 Å². The number of hydrogen-bond acceptors (Lipinski definition) is 4. The van der Waals surface area contributed by atoms with Crippen molar-refractivity contribution in [1.82, 2.24) is 5.32 Å². The van der Waals surface area contributed by atoms with Gasteiger partial charge in [0.05, 0.1) is 6.04 Å². The Morgan fingerprint density at radius 2 is 1.88 bits per heavy atom. The van der Waals surface area contributed by atoms with Crippen molar-refractivity contribution < 1.29 is 14.3 Å². The molecular weight excluding hydrogens is 352 g/mol. The molecule has 0 bridgehead atoms. The van der Waals surface area contributed by atoms with Crippen molar-refractivity contribution in [3.05, 3.63) is 53.6 Å². The maximum atomic E-state index is 12.4. The smallest absolute Gasteiger partial charge is 0.220 e. The highest BCUT2D eigenvalue weighted by atomic mass is 35.5. The highest BCUT2D eigenvalue weighted by molar-refractivity contribution is 5.85. The molecule has 2 aromatic carbocycles. The van der Waals surface area contributed by atoms with Crippen LogP contribution in [0.2, 0.25) is 0 Å². The van der Waals surface area contributed by atoms with E-state index in [0.717, 1.165) is 34.7 Å². The number of carbonyl (C=O) groups is 1. The van der Waals surface area contributed by atoms with Crippen molar-refractivity contribution in [3.8, 4) is 11.5 Å². The molecule has 5 nitrogen and oxygen atoms in total. The molecule has 0 aliphatic carbocycles. The summed E-state index contributed by atoms with van der Waals surface area (Å²) in [5.41, 5.74) is 8.70. The summed E-state index contributed by atoms with van der Waals surface area (Å²) in [6.07, 6.45) is 1.85. The van der Waals surface area contributed by atoms with E-state index in [0.29, 0.717) is 26.1 Å². The number of carbonyl (C=O) groups excluding carboxylic acids is 1. The fraction of sp³-hybridized carbons (Fsp3) is 0.350. The van der Waals surface area contributed by atoms with Crippen LogP contribution in [0.25, 0.3) is 0 Å². The monoisotopic (exact) mass is 376 g/mol. The molecule has 0 spiro atoms. The summed E-state index contributed by atoms with van der Waals surface area (Å²) in [4.78, 5) is 12.4. The molecule has 2 aromatic rings. The maximum Gasteiger partial charge on any atom is 0.220 e. The first-order valence-corrected chi connectivity index (χ1v) is 8.69. The molecule has 1 amide bonds. The Labute approximate surface area is 160 Å². The lowest BCUT2D eigenvalue weighted by Crippen LogP contribution is -2.28. The van der Waals surface area contributed by atoms with E-state index in [4.69, 9.17) is 15.2 Å². The fourth-order valence-corrected chi connectivity index (χ4v) is 2.97. The zero-order valence-corrected chi connectivity index (χ0v) is 15.7. The van der Waals surface area contributed by atoms with Gasteiger partial charge in [-0.15, -0.1) is 12.4 Å². The number of benzene rings is 2. The van der Waals surface area contributed by atoms with Crippen LogP contribution in [0.15, 0.2) is 42.5 Å². The van der Waals surface area contributed by atoms with Crippen LogP contribution in [0.3, 0.4) is 0 Å². The quantitative estimate of drug-likeness (QED) is 0.754. The molecule has 140 valence electrons. The first kappa shape index (κ1) is 19.9. The van der Waals surface area contributed by atoms with Gasteiger partial charge in [-0.05, 0) is 42.2 Å². The zero-order valence-electron chi connectivity index (χ0n) is 14.9. The summed E-state index contributed by atoms with van der Waals surface area (Å²) in [5.74, 6) is 1.52. The van der Waals surface area contributed by atoms with Crippen LogP contribution in [0.1, 0.15) is 36.9 Å². The molecule has 3 rings (SSSR count). The summed E-state index contributed by atoms with van der Waals surface area (Å²) in [7, 11) is 0. The van der Waals surface area contributed by atoms with Gasteiger partial charge in [0.2, 0.25) is 5.91 Å². The van der Waals surface area contributed by atoms with Crippen LogP contribution < -0.4 is 20.5 Å². The van der Waals surface area contributed by atoms with E-state index in [9.17, 15) is 4.79 Å². The van der Waals surface area contributed by atoms with E-state index < -0.39 is 0 Å². The largest absolute Gasteiger partial charge is 0.486 e. The lowest BCUT2D eigenvalue weighted by molar-refractivity contribution is -0.121. The second-order valence-electron chi connectivity index (χ2n) is 6.13. The van der Waals surface area contributed by atoms with E-state index in [2.05, 4.69) is 12.2 Å². The number of rotatable bonds is 6. The number of amides is 1. The SMILES string of the molecule is CCC(NC(=O)CCc1ccccc1N)c1ccc2c(c1)OCCO2.Cl. The third kappa shape index (κ3) is 4.82. The predicted molar refractivity (Wildman–Crippen MR) is 105 cm³/mol. The summed E-state index contributed by atoms with van der Waals surface area (Å²) in [6.45, 7) is 3.18. The average molecular weight is 377 g/mol. The Morgan fingerprint density at radius 1 is 1.15 bits per heavy atom. The van der Waals surface area contributed by atoms with Gasteiger partial charge in [-0.25, -0.2) is 0 Å². The predicted octanol–water partition coefficient (Wildman–Crippen LogP) is 3.66. The number of aryl methyl sites for hydroxylation is 1. The van der Waals surface area contributed by atoms with Crippen LogP contribution >= 0.6 is 12.4 Å². The molecule has 1 aliphatic heterocycles. The topological polar surface area (TPSA) is 73.6 Å². The lowest BCUT2D eigenvalue weighted by atomic mass is 10.0. The molecule has 1 heterocycles. The van der Waals surface area contributed by atoms with E-state index >= 15 is 0 Å². The lowest BCUT2D eigenvalue weighted by Gasteiger charge is -2.22. The number of halogens is 1. The third-order valence-electron chi connectivity index (χ3n) is 4.39. The van der Waals surface area contributed by atoms with E-state index in [1.807, 2.05) is 42.5 Å². The normalized spacial score (nSPS) is 13.4. The number of nitrogen functional groups attached to an aromatic ring is 1. The highest BCUT2D eigenvalue weighted by Gasteiger charge is 2.17. The number of para-hydroxylation sites is 1. The second-order valence-corrected chi connectivity index (χ2v) is 6.13. The minimum absolute atomic E-state index is 0. The molecule has 1 atom stereocenters. The molecule has 1 aliphatic rings. The van der Waals surface area contributed by atoms with Crippen LogP contribution in [-0.2, 0) is 11.2 Å². The van der Waals surface area contributed by atoms with Crippen molar-refractivity contribution in [2.24, 2.45) is 0 Å². The Hall–Kier alpha value is -2.40. The minimum atomic E-state index is -0.0450. The Kier molecular flexibility index (Phi) is 7.16. The fourth-order valence-electron chi connectivity index (χ4n) is 2.97. The third-order valence-corrected chi connectivity index (χ3v) is 4.39. The highest BCUT2D eigenvalue weighted by Crippen LogP contribution is 2.33. The van der Waals surface area contributed by atoms with E-state index in [1.54, 1.807) is 0 Å². The zero-order chi connectivity index (χ0) is 17.6. The summed E-state index contributed by atoms with van der Waals surface area (Å²) < 4.78 is 11.2. The molecule has 1 unspecified atom stereocenters.